The topological polar surface area (TPSA) is 46.5 Å². The molecule has 1 fully saturated rings. The van der Waals surface area contributed by atoms with Crippen molar-refractivity contribution in [3.8, 4) is 0 Å². The van der Waals surface area contributed by atoms with E-state index in [2.05, 4.69) is 17.4 Å². The monoisotopic (exact) mass is 176 g/mol. The summed E-state index contributed by atoms with van der Waals surface area (Å²) in [6.07, 6.45) is 2.59. The lowest BCUT2D eigenvalue weighted by Crippen LogP contribution is -2.30. The Labute approximate surface area is 71.1 Å². The molecule has 1 rings (SSSR count). The van der Waals surface area contributed by atoms with Crippen molar-refractivity contribution in [2.75, 3.05) is 0 Å². The summed E-state index contributed by atoms with van der Waals surface area (Å²) in [4.78, 5) is 10.2. The van der Waals surface area contributed by atoms with Crippen LogP contribution in [0.2, 0.25) is 0 Å². The first-order valence-corrected chi connectivity index (χ1v) is 4.29. The number of carboxylic acid groups (broad SMARTS) is 1. The van der Waals surface area contributed by atoms with Gasteiger partial charge in [-0.05, 0) is 19.3 Å². The highest BCUT2D eigenvalue weighted by Gasteiger charge is 2.25. The Morgan fingerprint density at radius 1 is 1.45 bits per heavy atom. The van der Waals surface area contributed by atoms with E-state index in [9.17, 15) is 4.79 Å². The van der Waals surface area contributed by atoms with Crippen molar-refractivity contribution in [1.82, 2.24) is 0 Å². The molecule has 4 heteroatoms. The molecule has 1 unspecified atom stereocenters. The largest absolute Gasteiger partial charge is 0.506 e. The first-order chi connectivity index (χ1) is 5.20. The van der Waals surface area contributed by atoms with Gasteiger partial charge in [-0.1, -0.05) is 6.42 Å². The molecule has 0 aromatic rings. The van der Waals surface area contributed by atoms with Crippen LogP contribution < -0.4 is 0 Å². The number of ether oxygens (including phenoxy) is 1. The molecule has 1 aliphatic rings. The highest BCUT2D eigenvalue weighted by Crippen LogP contribution is 2.24. The molecule has 3 nitrogen and oxygen atoms in total. The highest BCUT2D eigenvalue weighted by molar-refractivity contribution is 7.81. The van der Waals surface area contributed by atoms with Crippen LogP contribution in [-0.4, -0.2) is 22.6 Å². The van der Waals surface area contributed by atoms with Gasteiger partial charge in [-0.15, -0.1) is 0 Å². The first-order valence-electron chi connectivity index (χ1n) is 3.78. The lowest BCUT2D eigenvalue weighted by Gasteiger charge is -2.26. The van der Waals surface area contributed by atoms with Crippen LogP contribution in [0.15, 0.2) is 0 Å². The Balaban J connectivity index is 2.35. The van der Waals surface area contributed by atoms with Crippen LogP contribution in [0.3, 0.4) is 0 Å². The summed E-state index contributed by atoms with van der Waals surface area (Å²) in [6, 6.07) is 0. The molecule has 1 aliphatic carbocycles. The van der Waals surface area contributed by atoms with Crippen LogP contribution in [0.1, 0.15) is 25.7 Å². The minimum atomic E-state index is -1.18. The zero-order valence-corrected chi connectivity index (χ0v) is 7.09. The van der Waals surface area contributed by atoms with E-state index in [1.54, 1.807) is 0 Å². The van der Waals surface area contributed by atoms with Gasteiger partial charge in [0.05, 0.1) is 0 Å². The number of rotatable bonds is 1. The zero-order valence-electron chi connectivity index (χ0n) is 6.19. The predicted molar refractivity (Wildman–Crippen MR) is 44.1 cm³/mol. The molecule has 0 heterocycles. The Morgan fingerprint density at radius 2 is 2.09 bits per heavy atom. The summed E-state index contributed by atoms with van der Waals surface area (Å²) in [5.41, 5.74) is 0. The predicted octanol–water partition coefficient (Wildman–Crippen LogP) is 1.92. The minimum absolute atomic E-state index is 0.0971. The van der Waals surface area contributed by atoms with Crippen molar-refractivity contribution in [3.05, 3.63) is 0 Å². The maximum Gasteiger partial charge on any atom is 0.506 e. The molecule has 11 heavy (non-hydrogen) atoms. The van der Waals surface area contributed by atoms with Crippen LogP contribution in [0.5, 0.6) is 0 Å². The standard InChI is InChI=1S/C7H12O3S/c8-7(9)10-5-3-1-2-4-6(5)11/h5-6,11H,1-4H2,(H,8,9)/t5-,6?/m0/s1. The zero-order chi connectivity index (χ0) is 8.27. The van der Waals surface area contributed by atoms with E-state index >= 15 is 0 Å². The van der Waals surface area contributed by atoms with Crippen molar-refractivity contribution in [2.45, 2.75) is 37.0 Å². The van der Waals surface area contributed by atoms with Gasteiger partial charge in [0.15, 0.2) is 0 Å². The van der Waals surface area contributed by atoms with Crippen LogP contribution >= 0.6 is 12.6 Å². The van der Waals surface area contributed by atoms with Gasteiger partial charge in [-0.2, -0.15) is 12.6 Å². The molecular formula is C7H12O3S. The molecule has 1 N–H and O–H groups in total. The maximum atomic E-state index is 10.2. The molecule has 0 bridgehead atoms. The van der Waals surface area contributed by atoms with E-state index in [0.717, 1.165) is 25.7 Å². The summed E-state index contributed by atoms with van der Waals surface area (Å²) in [5, 5.41) is 8.42. The maximum absolute atomic E-state index is 10.2. The first kappa shape index (κ1) is 8.71. The fourth-order valence-electron chi connectivity index (χ4n) is 1.34. The van der Waals surface area contributed by atoms with Gasteiger partial charge in [0, 0.05) is 5.25 Å². The van der Waals surface area contributed by atoms with Gasteiger partial charge >= 0.3 is 6.16 Å². The van der Waals surface area contributed by atoms with E-state index in [-0.39, 0.29) is 11.4 Å². The molecule has 2 atom stereocenters. The summed E-state index contributed by atoms with van der Waals surface area (Å²) in [7, 11) is 0. The molecule has 0 amide bonds. The van der Waals surface area contributed by atoms with Crippen molar-refractivity contribution < 1.29 is 14.6 Å². The Bertz CT molecular complexity index is 149. The SMILES string of the molecule is O=C(O)O[C@H]1CCCCC1S. The minimum Gasteiger partial charge on any atom is -0.450 e. The van der Waals surface area contributed by atoms with E-state index in [0.29, 0.717) is 0 Å². The van der Waals surface area contributed by atoms with Crippen molar-refractivity contribution in [1.29, 1.82) is 0 Å². The summed E-state index contributed by atoms with van der Waals surface area (Å²) in [5.74, 6) is 0. The Hall–Kier alpha value is -0.380. The fraction of sp³-hybridized carbons (Fsp3) is 0.857. The quantitative estimate of drug-likeness (QED) is 0.474. The third-order valence-corrected chi connectivity index (χ3v) is 2.51. The molecule has 0 aromatic heterocycles. The van der Waals surface area contributed by atoms with Gasteiger partial charge < -0.3 is 9.84 Å². The molecule has 0 spiro atoms. The highest BCUT2D eigenvalue weighted by atomic mass is 32.1. The third-order valence-electron chi connectivity index (χ3n) is 1.92. The number of hydrogen-bond acceptors (Lipinski definition) is 3. The summed E-state index contributed by atoms with van der Waals surface area (Å²) >= 11 is 4.24. The lowest BCUT2D eigenvalue weighted by molar-refractivity contribution is 0.0391. The molecule has 0 aromatic carbocycles. The van der Waals surface area contributed by atoms with Crippen molar-refractivity contribution in [3.63, 3.8) is 0 Å². The number of thiol groups is 1. The van der Waals surface area contributed by atoms with Gasteiger partial charge in [-0.25, -0.2) is 4.79 Å². The second-order valence-electron chi connectivity index (χ2n) is 2.77. The number of hydrogen-bond donors (Lipinski definition) is 2. The van der Waals surface area contributed by atoms with Gasteiger partial charge in [0.1, 0.15) is 6.10 Å². The smallest absolute Gasteiger partial charge is 0.450 e. The van der Waals surface area contributed by atoms with E-state index in [1.807, 2.05) is 0 Å². The van der Waals surface area contributed by atoms with E-state index in [4.69, 9.17) is 5.11 Å². The summed E-state index contributed by atoms with van der Waals surface area (Å²) < 4.78 is 4.64. The second-order valence-corrected chi connectivity index (χ2v) is 3.44. The van der Waals surface area contributed by atoms with Gasteiger partial charge in [0.2, 0.25) is 0 Å². The van der Waals surface area contributed by atoms with Crippen molar-refractivity contribution in [2.24, 2.45) is 0 Å². The third kappa shape index (κ3) is 2.61. The average molecular weight is 176 g/mol. The normalized spacial score (nSPS) is 31.4. The van der Waals surface area contributed by atoms with Crippen LogP contribution in [-0.2, 0) is 4.74 Å². The van der Waals surface area contributed by atoms with Gasteiger partial charge in [0.25, 0.3) is 0 Å². The fourth-order valence-corrected chi connectivity index (χ4v) is 1.74. The molecule has 1 saturated carbocycles. The second kappa shape index (κ2) is 3.85. The molecule has 0 radical (unpaired) electrons. The van der Waals surface area contributed by atoms with E-state index < -0.39 is 6.16 Å². The van der Waals surface area contributed by atoms with Crippen molar-refractivity contribution >= 4 is 18.8 Å². The van der Waals surface area contributed by atoms with E-state index in [1.165, 1.54) is 0 Å². The molecular weight excluding hydrogens is 164 g/mol. The van der Waals surface area contributed by atoms with Crippen LogP contribution in [0.4, 0.5) is 4.79 Å². The number of carbonyl (C=O) groups is 1. The average Bonchev–Trinajstić information content (AvgIpc) is 1.93. The molecule has 0 saturated heterocycles. The van der Waals surface area contributed by atoms with Crippen LogP contribution in [0.25, 0.3) is 0 Å². The molecule has 0 aliphatic heterocycles. The van der Waals surface area contributed by atoms with Crippen LogP contribution in [0, 0.1) is 0 Å². The Kier molecular flexibility index (Phi) is 3.05. The van der Waals surface area contributed by atoms with Gasteiger partial charge in [-0.3, -0.25) is 0 Å². The Morgan fingerprint density at radius 3 is 2.64 bits per heavy atom. The summed E-state index contributed by atoms with van der Waals surface area (Å²) in [6.45, 7) is 0. The molecule has 64 valence electrons. The lowest BCUT2D eigenvalue weighted by atomic mass is 9.97.